The van der Waals surface area contributed by atoms with Gasteiger partial charge in [-0.2, -0.15) is 0 Å². The van der Waals surface area contributed by atoms with Gasteiger partial charge < -0.3 is 9.84 Å². The van der Waals surface area contributed by atoms with Crippen LogP contribution in [-0.2, 0) is 21.1 Å². The smallest absolute Gasteiger partial charge is 0.307 e. The molecule has 0 saturated heterocycles. The van der Waals surface area contributed by atoms with E-state index in [1.807, 2.05) is 0 Å². The normalized spacial score (nSPS) is 11.2. The van der Waals surface area contributed by atoms with E-state index in [1.165, 1.54) is 7.11 Å². The second-order valence-electron chi connectivity index (χ2n) is 3.44. The number of halogens is 1. The molecule has 0 aromatic heterocycles. The zero-order valence-corrected chi connectivity index (χ0v) is 10.0. The Labute approximate surface area is 97.8 Å². The minimum atomic E-state index is -3.68. The van der Waals surface area contributed by atoms with Crippen molar-refractivity contribution in [2.45, 2.75) is 11.3 Å². The molecule has 5 nitrogen and oxygen atoms in total. The summed E-state index contributed by atoms with van der Waals surface area (Å²) in [5.74, 6) is -2.15. The van der Waals surface area contributed by atoms with Crippen molar-refractivity contribution in [3.8, 4) is 5.75 Å². The van der Waals surface area contributed by atoms with Crippen molar-refractivity contribution in [2.75, 3.05) is 13.4 Å². The molecule has 1 rings (SSSR count). The van der Waals surface area contributed by atoms with Crippen LogP contribution in [0.2, 0.25) is 0 Å². The fourth-order valence-electron chi connectivity index (χ4n) is 1.42. The number of hydrogen-bond acceptors (Lipinski definition) is 4. The number of carboxylic acid groups (broad SMARTS) is 1. The van der Waals surface area contributed by atoms with Crippen molar-refractivity contribution in [3.05, 3.63) is 23.5 Å². The lowest BCUT2D eigenvalue weighted by Crippen LogP contribution is -2.08. The Morgan fingerprint density at radius 1 is 1.47 bits per heavy atom. The first-order valence-corrected chi connectivity index (χ1v) is 6.43. The lowest BCUT2D eigenvalue weighted by molar-refractivity contribution is -0.136. The zero-order valence-electron chi connectivity index (χ0n) is 9.23. The molecule has 0 aliphatic rings. The Hall–Kier alpha value is -1.63. The molecule has 1 N–H and O–H groups in total. The molecule has 1 aromatic carbocycles. The molecule has 0 aliphatic heterocycles. The topological polar surface area (TPSA) is 80.7 Å². The standard InChI is InChI=1S/C10H11FO5S/c1-16-10-6(4-9(12)13)3-7(11)5-8(10)17(2,14)15/h3,5H,4H2,1-2H3,(H,12,13). The maximum absolute atomic E-state index is 13.2. The Balaban J connectivity index is 3.51. The predicted octanol–water partition coefficient (Wildman–Crippen LogP) is 0.865. The molecule has 0 spiro atoms. The van der Waals surface area contributed by atoms with Crippen LogP contribution in [0, 0.1) is 5.82 Å². The number of aliphatic carboxylic acids is 1. The number of benzene rings is 1. The molecule has 0 unspecified atom stereocenters. The first-order chi connectivity index (χ1) is 7.75. The minimum Gasteiger partial charge on any atom is -0.495 e. The van der Waals surface area contributed by atoms with Crippen molar-refractivity contribution in [1.29, 1.82) is 0 Å². The van der Waals surface area contributed by atoms with Crippen LogP contribution in [0.15, 0.2) is 17.0 Å². The van der Waals surface area contributed by atoms with Gasteiger partial charge in [0.1, 0.15) is 16.5 Å². The number of carbonyl (C=O) groups is 1. The first kappa shape index (κ1) is 13.4. The van der Waals surface area contributed by atoms with E-state index < -0.39 is 28.0 Å². The molecule has 0 aliphatic carbocycles. The summed E-state index contributed by atoms with van der Waals surface area (Å²) in [5.41, 5.74) is -0.0135. The lowest BCUT2D eigenvalue weighted by Gasteiger charge is -2.11. The highest BCUT2D eigenvalue weighted by Gasteiger charge is 2.20. The molecule has 0 atom stereocenters. The summed E-state index contributed by atoms with van der Waals surface area (Å²) in [4.78, 5) is 10.2. The van der Waals surface area contributed by atoms with E-state index in [9.17, 15) is 17.6 Å². The van der Waals surface area contributed by atoms with Gasteiger partial charge in [-0.3, -0.25) is 4.79 Å². The third-order valence-electron chi connectivity index (χ3n) is 2.04. The molecule has 94 valence electrons. The van der Waals surface area contributed by atoms with Crippen LogP contribution in [0.25, 0.3) is 0 Å². The SMILES string of the molecule is COc1c(CC(=O)O)cc(F)cc1S(C)(=O)=O. The fraction of sp³-hybridized carbons (Fsp3) is 0.300. The molecule has 7 heteroatoms. The van der Waals surface area contributed by atoms with E-state index in [4.69, 9.17) is 9.84 Å². The van der Waals surface area contributed by atoms with Crippen molar-refractivity contribution in [2.24, 2.45) is 0 Å². The van der Waals surface area contributed by atoms with E-state index in [0.29, 0.717) is 0 Å². The van der Waals surface area contributed by atoms with Gasteiger partial charge in [-0.15, -0.1) is 0 Å². The molecular weight excluding hydrogens is 251 g/mol. The van der Waals surface area contributed by atoms with Crippen molar-refractivity contribution < 1.29 is 27.4 Å². The summed E-state index contributed by atoms with van der Waals surface area (Å²) in [6.45, 7) is 0. The highest BCUT2D eigenvalue weighted by Crippen LogP contribution is 2.29. The van der Waals surface area contributed by atoms with Gasteiger partial charge in [0, 0.05) is 11.8 Å². The Morgan fingerprint density at radius 3 is 2.47 bits per heavy atom. The fourth-order valence-corrected chi connectivity index (χ4v) is 2.30. The number of sulfone groups is 1. The molecular formula is C10H11FO5S. The van der Waals surface area contributed by atoms with Gasteiger partial charge in [0.2, 0.25) is 0 Å². The van der Waals surface area contributed by atoms with E-state index in [1.54, 1.807) is 0 Å². The highest BCUT2D eigenvalue weighted by atomic mass is 32.2. The summed E-state index contributed by atoms with van der Waals surface area (Å²) in [6.07, 6.45) is 0.387. The second kappa shape index (κ2) is 4.70. The maximum Gasteiger partial charge on any atom is 0.307 e. The van der Waals surface area contributed by atoms with Crippen LogP contribution in [-0.4, -0.2) is 32.9 Å². The molecule has 0 amide bonds. The van der Waals surface area contributed by atoms with Crippen LogP contribution in [0.5, 0.6) is 5.75 Å². The predicted molar refractivity (Wildman–Crippen MR) is 57.4 cm³/mol. The number of methoxy groups -OCH3 is 1. The molecule has 1 aromatic rings. The highest BCUT2D eigenvalue weighted by molar-refractivity contribution is 7.90. The van der Waals surface area contributed by atoms with Crippen LogP contribution in [0.4, 0.5) is 4.39 Å². The van der Waals surface area contributed by atoms with Crippen LogP contribution >= 0.6 is 0 Å². The summed E-state index contributed by atoms with van der Waals surface area (Å²) >= 11 is 0. The number of rotatable bonds is 4. The molecule has 0 bridgehead atoms. The minimum absolute atomic E-state index is 0.0135. The van der Waals surface area contributed by atoms with Crippen molar-refractivity contribution in [3.63, 3.8) is 0 Å². The second-order valence-corrected chi connectivity index (χ2v) is 5.42. The van der Waals surface area contributed by atoms with Gasteiger partial charge in [0.05, 0.1) is 13.5 Å². The van der Waals surface area contributed by atoms with Crippen molar-refractivity contribution in [1.82, 2.24) is 0 Å². The summed E-state index contributed by atoms with van der Waals surface area (Å²) < 4.78 is 40.9. The van der Waals surface area contributed by atoms with Crippen LogP contribution in [0.3, 0.4) is 0 Å². The molecule has 0 fully saturated rings. The van der Waals surface area contributed by atoms with Crippen molar-refractivity contribution >= 4 is 15.8 Å². The molecule has 17 heavy (non-hydrogen) atoms. The molecule has 0 radical (unpaired) electrons. The van der Waals surface area contributed by atoms with Crippen LogP contribution in [0.1, 0.15) is 5.56 Å². The average molecular weight is 262 g/mol. The monoisotopic (exact) mass is 262 g/mol. The average Bonchev–Trinajstić information content (AvgIpc) is 2.14. The van der Waals surface area contributed by atoms with Gasteiger partial charge in [0.15, 0.2) is 9.84 Å². The van der Waals surface area contributed by atoms with Gasteiger partial charge >= 0.3 is 5.97 Å². The van der Waals surface area contributed by atoms with Gasteiger partial charge in [-0.05, 0) is 12.1 Å². The first-order valence-electron chi connectivity index (χ1n) is 4.54. The van der Waals surface area contributed by atoms with E-state index >= 15 is 0 Å². The largest absolute Gasteiger partial charge is 0.495 e. The van der Waals surface area contributed by atoms with Gasteiger partial charge in [-0.25, -0.2) is 12.8 Å². The molecule has 0 heterocycles. The number of carboxylic acids is 1. The van der Waals surface area contributed by atoms with E-state index in [2.05, 4.69) is 0 Å². The summed E-state index contributed by atoms with van der Waals surface area (Å²) in [7, 11) is -2.48. The Bertz CT molecular complexity index is 550. The van der Waals surface area contributed by atoms with E-state index in [0.717, 1.165) is 18.4 Å². The lowest BCUT2D eigenvalue weighted by atomic mass is 10.1. The maximum atomic E-state index is 13.2. The quantitative estimate of drug-likeness (QED) is 0.870. The van der Waals surface area contributed by atoms with Crippen LogP contribution < -0.4 is 4.74 Å². The van der Waals surface area contributed by atoms with Gasteiger partial charge in [0.25, 0.3) is 0 Å². The number of hydrogen-bond donors (Lipinski definition) is 1. The van der Waals surface area contributed by atoms with Gasteiger partial charge in [-0.1, -0.05) is 0 Å². The summed E-state index contributed by atoms with van der Waals surface area (Å²) in [6, 6.07) is 1.75. The molecule has 0 saturated carbocycles. The third-order valence-corrected chi connectivity index (χ3v) is 3.14. The third kappa shape index (κ3) is 3.16. The Morgan fingerprint density at radius 2 is 2.06 bits per heavy atom. The van der Waals surface area contributed by atoms with E-state index in [-0.39, 0.29) is 16.2 Å². The zero-order chi connectivity index (χ0) is 13.2. The Kier molecular flexibility index (Phi) is 3.72. The number of ether oxygens (including phenoxy) is 1. The summed E-state index contributed by atoms with van der Waals surface area (Å²) in [5, 5.41) is 8.64.